The summed E-state index contributed by atoms with van der Waals surface area (Å²) in [5.74, 6) is 1.36. The Hall–Kier alpha value is 0.170. The normalized spacial score (nSPS) is 11.8. The lowest BCUT2D eigenvalue weighted by atomic mass is 10.1. The molecule has 0 fully saturated rings. The number of aliphatic carboxylic acids is 1. The van der Waals surface area contributed by atoms with Crippen LogP contribution in [0.1, 0.15) is 156 Å². The van der Waals surface area contributed by atoms with Gasteiger partial charge in [0.1, 0.15) is 0 Å². The van der Waals surface area contributed by atoms with Crippen molar-refractivity contribution in [2.45, 2.75) is 160 Å². The van der Waals surface area contributed by atoms with Crippen molar-refractivity contribution < 1.29 is 9.90 Å². The zero-order valence-corrected chi connectivity index (χ0v) is 23.6. The van der Waals surface area contributed by atoms with E-state index in [0.29, 0.717) is 6.42 Å². The molecule has 0 aromatic carbocycles. The van der Waals surface area contributed by atoms with E-state index in [1.54, 1.807) is 23.5 Å². The van der Waals surface area contributed by atoms with Crippen LogP contribution in [-0.2, 0) is 4.79 Å². The standard InChI is InChI=1S/C28H56O2S2/c1-4-7-9-11-13-15-17-19-21-23-25-31-28(6-3,27(29)30)32-26-24-22-20-18-16-14-12-10-8-5-2/h4-26H2,1-3H3,(H,29,30). The molecule has 0 saturated carbocycles. The van der Waals surface area contributed by atoms with Gasteiger partial charge in [-0.15, -0.1) is 23.5 Å². The highest BCUT2D eigenvalue weighted by molar-refractivity contribution is 8.19. The van der Waals surface area contributed by atoms with Crippen LogP contribution in [0.3, 0.4) is 0 Å². The molecule has 0 aromatic heterocycles. The lowest BCUT2D eigenvalue weighted by Gasteiger charge is -2.27. The van der Waals surface area contributed by atoms with Crippen LogP contribution in [-0.4, -0.2) is 26.7 Å². The van der Waals surface area contributed by atoms with Crippen molar-refractivity contribution in [2.24, 2.45) is 0 Å². The first-order valence-corrected chi connectivity index (χ1v) is 16.1. The average Bonchev–Trinajstić information content (AvgIpc) is 2.79. The Labute approximate surface area is 210 Å². The van der Waals surface area contributed by atoms with Gasteiger partial charge in [0.15, 0.2) is 4.08 Å². The molecule has 32 heavy (non-hydrogen) atoms. The zero-order valence-electron chi connectivity index (χ0n) is 21.9. The van der Waals surface area contributed by atoms with Crippen molar-refractivity contribution in [2.75, 3.05) is 11.5 Å². The molecule has 0 saturated heterocycles. The predicted molar refractivity (Wildman–Crippen MR) is 149 cm³/mol. The minimum Gasteiger partial charge on any atom is -0.480 e. The predicted octanol–water partition coefficient (Wildman–Crippen LogP) is 10.5. The fourth-order valence-corrected chi connectivity index (χ4v) is 7.02. The maximum absolute atomic E-state index is 12.0. The first-order valence-electron chi connectivity index (χ1n) is 14.1. The monoisotopic (exact) mass is 488 g/mol. The van der Waals surface area contributed by atoms with Gasteiger partial charge in [0.25, 0.3) is 0 Å². The van der Waals surface area contributed by atoms with Crippen molar-refractivity contribution in [3.05, 3.63) is 0 Å². The molecule has 0 bridgehead atoms. The van der Waals surface area contributed by atoms with Crippen molar-refractivity contribution in [1.29, 1.82) is 0 Å². The summed E-state index contributed by atoms with van der Waals surface area (Å²) in [6.45, 7) is 6.59. The lowest BCUT2D eigenvalue weighted by Crippen LogP contribution is -2.31. The number of carbonyl (C=O) groups is 1. The Morgan fingerprint density at radius 2 is 0.812 bits per heavy atom. The van der Waals surface area contributed by atoms with E-state index in [1.807, 2.05) is 6.92 Å². The first kappa shape index (κ1) is 32.2. The molecule has 4 heteroatoms. The highest BCUT2D eigenvalue weighted by atomic mass is 32.2. The smallest absolute Gasteiger partial charge is 0.330 e. The van der Waals surface area contributed by atoms with E-state index in [9.17, 15) is 9.90 Å². The van der Waals surface area contributed by atoms with Gasteiger partial charge in [0, 0.05) is 0 Å². The Morgan fingerprint density at radius 3 is 1.06 bits per heavy atom. The molecule has 0 amide bonds. The van der Waals surface area contributed by atoms with E-state index in [1.165, 1.54) is 116 Å². The molecule has 0 aromatic rings. The quantitative estimate of drug-likeness (QED) is 0.0970. The molecule has 0 radical (unpaired) electrons. The van der Waals surface area contributed by atoms with Crippen LogP contribution in [0.15, 0.2) is 0 Å². The van der Waals surface area contributed by atoms with Crippen LogP contribution >= 0.6 is 23.5 Å². The second-order valence-electron chi connectivity index (χ2n) is 9.47. The van der Waals surface area contributed by atoms with Gasteiger partial charge in [0.2, 0.25) is 0 Å². The number of thioether (sulfide) groups is 2. The molecule has 192 valence electrons. The molecule has 0 aliphatic carbocycles. The summed E-state index contributed by atoms with van der Waals surface area (Å²) in [6, 6.07) is 0. The van der Waals surface area contributed by atoms with E-state index in [4.69, 9.17) is 0 Å². The summed E-state index contributed by atoms with van der Waals surface area (Å²) >= 11 is 3.40. The van der Waals surface area contributed by atoms with Crippen LogP contribution in [0.25, 0.3) is 0 Å². The van der Waals surface area contributed by atoms with Crippen molar-refractivity contribution >= 4 is 29.5 Å². The highest BCUT2D eigenvalue weighted by Crippen LogP contribution is 2.41. The van der Waals surface area contributed by atoms with Crippen LogP contribution in [0.2, 0.25) is 0 Å². The van der Waals surface area contributed by atoms with Gasteiger partial charge < -0.3 is 5.11 Å². The second kappa shape index (κ2) is 24.3. The lowest BCUT2D eigenvalue weighted by molar-refractivity contribution is -0.137. The zero-order chi connectivity index (χ0) is 23.8. The molecule has 0 heterocycles. The number of hydrogen-bond donors (Lipinski definition) is 1. The third-order valence-electron chi connectivity index (χ3n) is 6.46. The second-order valence-corrected chi connectivity index (χ2v) is 12.5. The van der Waals surface area contributed by atoms with Gasteiger partial charge in [-0.2, -0.15) is 0 Å². The van der Waals surface area contributed by atoms with E-state index in [2.05, 4.69) is 13.8 Å². The van der Waals surface area contributed by atoms with Gasteiger partial charge in [-0.3, -0.25) is 0 Å². The van der Waals surface area contributed by atoms with E-state index < -0.39 is 10.0 Å². The summed E-state index contributed by atoms with van der Waals surface area (Å²) in [7, 11) is 0. The van der Waals surface area contributed by atoms with Crippen LogP contribution in [0, 0.1) is 0 Å². The molecule has 2 nitrogen and oxygen atoms in total. The van der Waals surface area contributed by atoms with Crippen molar-refractivity contribution in [3.8, 4) is 0 Å². The molecular formula is C28H56O2S2. The highest BCUT2D eigenvalue weighted by Gasteiger charge is 2.37. The van der Waals surface area contributed by atoms with Crippen molar-refractivity contribution in [1.82, 2.24) is 0 Å². The van der Waals surface area contributed by atoms with Gasteiger partial charge in [0.05, 0.1) is 0 Å². The molecule has 0 aliphatic rings. The summed E-state index contributed by atoms with van der Waals surface area (Å²) in [6.07, 6.45) is 27.4. The summed E-state index contributed by atoms with van der Waals surface area (Å²) in [5, 5.41) is 9.90. The van der Waals surface area contributed by atoms with Crippen LogP contribution in [0.4, 0.5) is 0 Å². The topological polar surface area (TPSA) is 37.3 Å². The first-order chi connectivity index (χ1) is 15.6. The Bertz CT molecular complexity index is 375. The maximum Gasteiger partial charge on any atom is 0.330 e. The molecule has 0 atom stereocenters. The summed E-state index contributed by atoms with van der Waals surface area (Å²) < 4.78 is -0.626. The fraction of sp³-hybridized carbons (Fsp3) is 0.964. The third-order valence-corrected chi connectivity index (χ3v) is 10.0. The van der Waals surface area contributed by atoms with Gasteiger partial charge >= 0.3 is 5.97 Å². The SMILES string of the molecule is CCCCCCCCCCCCSC(CC)(SCCCCCCCCCCCC)C(=O)O. The van der Waals surface area contributed by atoms with Crippen LogP contribution in [0.5, 0.6) is 0 Å². The van der Waals surface area contributed by atoms with Crippen molar-refractivity contribution in [3.63, 3.8) is 0 Å². The number of unbranched alkanes of at least 4 members (excludes halogenated alkanes) is 18. The number of carboxylic acids is 1. The number of carboxylic acid groups (broad SMARTS) is 1. The van der Waals surface area contributed by atoms with E-state index in [0.717, 1.165) is 24.3 Å². The molecule has 0 unspecified atom stereocenters. The molecule has 0 spiro atoms. The molecular weight excluding hydrogens is 432 g/mol. The molecule has 1 N–H and O–H groups in total. The van der Waals surface area contributed by atoms with Gasteiger partial charge in [-0.05, 0) is 30.8 Å². The van der Waals surface area contributed by atoms with Gasteiger partial charge in [-0.1, -0.05) is 136 Å². The summed E-state index contributed by atoms with van der Waals surface area (Å²) in [5.41, 5.74) is 0. The Balaban J connectivity index is 3.78. The third kappa shape index (κ3) is 18.6. The van der Waals surface area contributed by atoms with Crippen LogP contribution < -0.4 is 0 Å². The van der Waals surface area contributed by atoms with E-state index in [-0.39, 0.29) is 0 Å². The molecule has 0 aliphatic heterocycles. The number of hydrogen-bond acceptors (Lipinski definition) is 3. The Kier molecular flexibility index (Phi) is 24.4. The summed E-state index contributed by atoms with van der Waals surface area (Å²) in [4.78, 5) is 12.0. The molecule has 0 rings (SSSR count). The average molecular weight is 489 g/mol. The van der Waals surface area contributed by atoms with Gasteiger partial charge in [-0.25, -0.2) is 4.79 Å². The maximum atomic E-state index is 12.0. The minimum atomic E-state index is -0.626. The largest absolute Gasteiger partial charge is 0.480 e. The minimum absolute atomic E-state index is 0.617. The fourth-order valence-electron chi connectivity index (χ4n) is 4.17. The number of rotatable bonds is 26. The Morgan fingerprint density at radius 1 is 0.531 bits per heavy atom. The van der Waals surface area contributed by atoms with E-state index >= 15 is 0 Å².